The SMILES string of the molecule is COC(=O)c1cc([N+](=O)[O-])c(Cl)c([N+](=O)[O-])c1Cl. The van der Waals surface area contributed by atoms with E-state index in [2.05, 4.69) is 4.74 Å². The van der Waals surface area contributed by atoms with E-state index in [1.165, 1.54) is 0 Å². The minimum atomic E-state index is -1.04. The second kappa shape index (κ2) is 5.15. The Morgan fingerprint density at radius 3 is 2.17 bits per heavy atom. The molecule has 0 atom stereocenters. The van der Waals surface area contributed by atoms with E-state index in [0.29, 0.717) is 0 Å². The summed E-state index contributed by atoms with van der Waals surface area (Å²) in [6.07, 6.45) is 0. The molecule has 0 radical (unpaired) electrons. The van der Waals surface area contributed by atoms with Crippen molar-refractivity contribution in [3.63, 3.8) is 0 Å². The predicted octanol–water partition coefficient (Wildman–Crippen LogP) is 2.60. The van der Waals surface area contributed by atoms with Gasteiger partial charge in [-0.3, -0.25) is 20.2 Å². The molecule has 0 heterocycles. The molecule has 0 N–H and O–H groups in total. The van der Waals surface area contributed by atoms with Crippen LogP contribution in [0.1, 0.15) is 10.4 Å². The molecule has 1 rings (SSSR count). The normalized spacial score (nSPS) is 9.94. The Labute approximate surface area is 109 Å². The summed E-state index contributed by atoms with van der Waals surface area (Å²) < 4.78 is 4.31. The number of nitro benzene ring substituents is 2. The zero-order chi connectivity index (χ0) is 14.0. The molecule has 8 nitrogen and oxygen atoms in total. The molecular formula is C8H4Cl2N2O6. The van der Waals surface area contributed by atoms with Gasteiger partial charge in [0.2, 0.25) is 0 Å². The van der Waals surface area contributed by atoms with Crippen LogP contribution in [0.25, 0.3) is 0 Å². The van der Waals surface area contributed by atoms with Crippen LogP contribution < -0.4 is 0 Å². The summed E-state index contributed by atoms with van der Waals surface area (Å²) in [6.45, 7) is 0. The molecule has 0 bridgehead atoms. The number of carbonyl (C=O) groups excluding carboxylic acids is 1. The van der Waals surface area contributed by atoms with Gasteiger partial charge in [0.1, 0.15) is 5.02 Å². The van der Waals surface area contributed by atoms with Crippen LogP contribution in [-0.2, 0) is 4.74 Å². The number of benzene rings is 1. The van der Waals surface area contributed by atoms with Crippen LogP contribution in [0.5, 0.6) is 0 Å². The highest BCUT2D eigenvalue weighted by atomic mass is 35.5. The first kappa shape index (κ1) is 14.1. The van der Waals surface area contributed by atoms with Crippen molar-refractivity contribution in [2.24, 2.45) is 0 Å². The van der Waals surface area contributed by atoms with E-state index in [4.69, 9.17) is 23.2 Å². The number of hydrogen-bond acceptors (Lipinski definition) is 6. The molecule has 10 heteroatoms. The van der Waals surface area contributed by atoms with E-state index in [1.807, 2.05) is 0 Å². The lowest BCUT2D eigenvalue weighted by Gasteiger charge is -2.05. The molecule has 96 valence electrons. The van der Waals surface area contributed by atoms with Crippen molar-refractivity contribution >= 4 is 40.5 Å². The molecule has 0 saturated heterocycles. The van der Waals surface area contributed by atoms with Crippen molar-refractivity contribution in [2.45, 2.75) is 0 Å². The Kier molecular flexibility index (Phi) is 4.04. The Hall–Kier alpha value is -1.93. The number of rotatable bonds is 3. The average molecular weight is 295 g/mol. The third kappa shape index (κ3) is 2.34. The van der Waals surface area contributed by atoms with Crippen molar-refractivity contribution in [3.8, 4) is 0 Å². The zero-order valence-electron chi connectivity index (χ0n) is 8.68. The largest absolute Gasteiger partial charge is 0.465 e. The smallest absolute Gasteiger partial charge is 0.339 e. The van der Waals surface area contributed by atoms with Crippen molar-refractivity contribution in [1.29, 1.82) is 0 Å². The number of halogens is 2. The predicted molar refractivity (Wildman–Crippen MR) is 61.1 cm³/mol. The molecule has 0 unspecified atom stereocenters. The number of ether oxygens (including phenoxy) is 1. The molecule has 0 aliphatic rings. The summed E-state index contributed by atoms with van der Waals surface area (Å²) in [5.41, 5.74) is -2.21. The zero-order valence-corrected chi connectivity index (χ0v) is 10.2. The third-order valence-electron chi connectivity index (χ3n) is 1.94. The highest BCUT2D eigenvalue weighted by molar-refractivity contribution is 6.41. The minimum Gasteiger partial charge on any atom is -0.465 e. The fourth-order valence-electron chi connectivity index (χ4n) is 1.16. The lowest BCUT2D eigenvalue weighted by Crippen LogP contribution is -2.06. The molecule has 18 heavy (non-hydrogen) atoms. The van der Waals surface area contributed by atoms with Crippen LogP contribution in [0.3, 0.4) is 0 Å². The van der Waals surface area contributed by atoms with Gasteiger partial charge in [-0.15, -0.1) is 0 Å². The number of nitro groups is 2. The first-order valence-electron chi connectivity index (χ1n) is 4.20. The van der Waals surface area contributed by atoms with E-state index < -0.39 is 42.8 Å². The molecule has 0 spiro atoms. The Balaban J connectivity index is 3.71. The molecule has 0 aromatic heterocycles. The minimum absolute atomic E-state index is 0.498. The maximum absolute atomic E-state index is 11.3. The lowest BCUT2D eigenvalue weighted by atomic mass is 10.1. The number of methoxy groups -OCH3 is 1. The lowest BCUT2D eigenvalue weighted by molar-refractivity contribution is -0.393. The van der Waals surface area contributed by atoms with Crippen molar-refractivity contribution < 1.29 is 19.4 Å². The van der Waals surface area contributed by atoms with Crippen molar-refractivity contribution in [2.75, 3.05) is 7.11 Å². The maximum atomic E-state index is 11.3. The number of carbonyl (C=O) groups is 1. The molecule has 0 aliphatic carbocycles. The first-order chi connectivity index (χ1) is 8.31. The second-order valence-corrected chi connectivity index (χ2v) is 3.68. The van der Waals surface area contributed by atoms with Crippen LogP contribution >= 0.6 is 23.2 Å². The van der Waals surface area contributed by atoms with Gasteiger partial charge in [0.15, 0.2) is 5.02 Å². The van der Waals surface area contributed by atoms with Gasteiger partial charge in [0.05, 0.1) is 22.5 Å². The molecule has 0 fully saturated rings. The third-order valence-corrected chi connectivity index (χ3v) is 2.70. The van der Waals surface area contributed by atoms with E-state index in [0.717, 1.165) is 13.2 Å². The standard InChI is InChI=1S/C8H4Cl2N2O6/c1-18-8(13)3-2-4(11(14)15)6(10)7(5(3)9)12(16)17/h2H,1H3. The van der Waals surface area contributed by atoms with Gasteiger partial charge >= 0.3 is 11.7 Å². The monoisotopic (exact) mass is 294 g/mol. The second-order valence-electron chi connectivity index (χ2n) is 2.93. The van der Waals surface area contributed by atoms with E-state index in [1.54, 1.807) is 0 Å². The highest BCUT2D eigenvalue weighted by Gasteiger charge is 2.32. The Bertz CT molecular complexity index is 559. The fourth-order valence-corrected chi connectivity index (χ4v) is 1.79. The fraction of sp³-hybridized carbons (Fsp3) is 0.125. The molecular weight excluding hydrogens is 291 g/mol. The topological polar surface area (TPSA) is 113 Å². The van der Waals surface area contributed by atoms with Gasteiger partial charge in [0.25, 0.3) is 5.69 Å². The van der Waals surface area contributed by atoms with E-state index >= 15 is 0 Å². The van der Waals surface area contributed by atoms with Gasteiger partial charge < -0.3 is 4.74 Å². The first-order valence-corrected chi connectivity index (χ1v) is 4.96. The van der Waals surface area contributed by atoms with Gasteiger partial charge in [-0.05, 0) is 0 Å². The summed E-state index contributed by atoms with van der Waals surface area (Å²) >= 11 is 11.1. The van der Waals surface area contributed by atoms with E-state index in [9.17, 15) is 25.0 Å². The molecule has 0 amide bonds. The van der Waals surface area contributed by atoms with Crippen LogP contribution in [-0.4, -0.2) is 22.9 Å². The average Bonchev–Trinajstić information content (AvgIpc) is 2.27. The number of hydrogen-bond donors (Lipinski definition) is 0. The molecule has 0 saturated carbocycles. The number of nitrogens with zero attached hydrogens (tertiary/aromatic N) is 2. The summed E-state index contributed by atoms with van der Waals surface area (Å²) in [7, 11) is 1.00. The summed E-state index contributed by atoms with van der Waals surface area (Å²) in [5.74, 6) is -1.04. The molecule has 1 aromatic carbocycles. The van der Waals surface area contributed by atoms with Crippen molar-refractivity contribution in [3.05, 3.63) is 41.9 Å². The molecule has 1 aromatic rings. The van der Waals surface area contributed by atoms with Crippen LogP contribution in [0.2, 0.25) is 10.0 Å². The summed E-state index contributed by atoms with van der Waals surface area (Å²) in [4.78, 5) is 30.7. The van der Waals surface area contributed by atoms with Crippen LogP contribution in [0.4, 0.5) is 11.4 Å². The van der Waals surface area contributed by atoms with Crippen LogP contribution in [0, 0.1) is 20.2 Å². The number of esters is 1. The van der Waals surface area contributed by atoms with Gasteiger partial charge in [0, 0.05) is 6.07 Å². The maximum Gasteiger partial charge on any atom is 0.339 e. The quantitative estimate of drug-likeness (QED) is 0.481. The van der Waals surface area contributed by atoms with Gasteiger partial charge in [-0.2, -0.15) is 0 Å². The molecule has 0 aliphatic heterocycles. The van der Waals surface area contributed by atoms with Gasteiger partial charge in [-0.1, -0.05) is 23.2 Å². The summed E-state index contributed by atoms with van der Waals surface area (Å²) in [5, 5.41) is 20.1. The Morgan fingerprint density at radius 1 is 1.22 bits per heavy atom. The Morgan fingerprint density at radius 2 is 1.78 bits per heavy atom. The van der Waals surface area contributed by atoms with Crippen molar-refractivity contribution in [1.82, 2.24) is 0 Å². The van der Waals surface area contributed by atoms with E-state index in [-0.39, 0.29) is 0 Å². The van der Waals surface area contributed by atoms with Gasteiger partial charge in [-0.25, -0.2) is 4.79 Å². The van der Waals surface area contributed by atoms with Crippen LogP contribution in [0.15, 0.2) is 6.07 Å². The highest BCUT2D eigenvalue weighted by Crippen LogP contribution is 2.41. The summed E-state index contributed by atoms with van der Waals surface area (Å²) in [6, 6.07) is 0.726.